The van der Waals surface area contributed by atoms with Crippen LogP contribution in [-0.2, 0) is 9.53 Å². The van der Waals surface area contributed by atoms with Crippen molar-refractivity contribution >= 4 is 5.91 Å². The lowest BCUT2D eigenvalue weighted by Crippen LogP contribution is -2.56. The highest BCUT2D eigenvalue weighted by molar-refractivity contribution is 5.80. The Morgan fingerprint density at radius 2 is 2.11 bits per heavy atom. The average Bonchev–Trinajstić information content (AvgIpc) is 2.87. The largest absolute Gasteiger partial charge is 0.379 e. The number of carbonyl (C=O) groups excluding carboxylic acids is 1. The van der Waals surface area contributed by atoms with Crippen molar-refractivity contribution < 1.29 is 9.53 Å². The summed E-state index contributed by atoms with van der Waals surface area (Å²) in [5, 5.41) is 3.37. The van der Waals surface area contributed by atoms with E-state index < -0.39 is 0 Å². The number of carbonyl (C=O) groups is 1. The fourth-order valence-electron chi connectivity index (χ4n) is 3.08. The molecule has 19 heavy (non-hydrogen) atoms. The van der Waals surface area contributed by atoms with E-state index in [9.17, 15) is 4.79 Å². The van der Waals surface area contributed by atoms with Crippen molar-refractivity contribution in [2.24, 2.45) is 5.92 Å². The third-order valence-corrected chi connectivity index (χ3v) is 4.42. The van der Waals surface area contributed by atoms with Gasteiger partial charge in [-0.2, -0.15) is 0 Å². The molecule has 2 rings (SSSR count). The van der Waals surface area contributed by atoms with Gasteiger partial charge in [-0.15, -0.1) is 0 Å². The number of hydrogen-bond donors (Lipinski definition) is 1. The van der Waals surface area contributed by atoms with Gasteiger partial charge in [0.15, 0.2) is 0 Å². The Balaban J connectivity index is 1.95. The lowest BCUT2D eigenvalue weighted by Gasteiger charge is -2.40. The van der Waals surface area contributed by atoms with Crippen LogP contribution in [0.25, 0.3) is 0 Å². The summed E-state index contributed by atoms with van der Waals surface area (Å²) in [6, 6.07) is 0.690. The second kappa shape index (κ2) is 6.68. The predicted molar refractivity (Wildman–Crippen MR) is 75.1 cm³/mol. The van der Waals surface area contributed by atoms with Gasteiger partial charge in [0.2, 0.25) is 5.91 Å². The summed E-state index contributed by atoms with van der Waals surface area (Å²) in [6.07, 6.45) is 1.10. The number of hydrogen-bond acceptors (Lipinski definition) is 4. The van der Waals surface area contributed by atoms with Gasteiger partial charge in [0, 0.05) is 31.7 Å². The van der Waals surface area contributed by atoms with E-state index in [2.05, 4.69) is 31.1 Å². The molecule has 0 aliphatic carbocycles. The number of ether oxygens (including phenoxy) is 1. The van der Waals surface area contributed by atoms with Crippen LogP contribution in [0.15, 0.2) is 0 Å². The molecule has 0 aromatic rings. The van der Waals surface area contributed by atoms with Gasteiger partial charge in [0.05, 0.1) is 19.1 Å². The summed E-state index contributed by atoms with van der Waals surface area (Å²) < 4.78 is 5.49. The Bertz CT molecular complexity index is 311. The first-order chi connectivity index (χ1) is 9.17. The van der Waals surface area contributed by atoms with Gasteiger partial charge in [-0.05, 0) is 20.0 Å². The van der Waals surface area contributed by atoms with Gasteiger partial charge in [0.25, 0.3) is 0 Å². The number of nitrogens with zero attached hydrogens (tertiary/aromatic N) is 2. The van der Waals surface area contributed by atoms with Gasteiger partial charge in [-0.1, -0.05) is 13.8 Å². The SMILES string of the molecule is CCNC1COCC1C(=O)N1CCN(C)C(CC)C1. The van der Waals surface area contributed by atoms with Crippen LogP contribution in [0.4, 0.5) is 0 Å². The fraction of sp³-hybridized carbons (Fsp3) is 0.929. The van der Waals surface area contributed by atoms with Crippen molar-refractivity contribution in [1.29, 1.82) is 0 Å². The second-order valence-electron chi connectivity index (χ2n) is 5.64. The van der Waals surface area contributed by atoms with E-state index in [1.165, 1.54) is 0 Å². The van der Waals surface area contributed by atoms with Crippen LogP contribution < -0.4 is 5.32 Å². The van der Waals surface area contributed by atoms with Gasteiger partial charge in [-0.25, -0.2) is 0 Å². The molecule has 0 saturated carbocycles. The summed E-state index contributed by atoms with van der Waals surface area (Å²) in [5.74, 6) is 0.274. The molecule has 0 bridgehead atoms. The van der Waals surface area contributed by atoms with E-state index in [4.69, 9.17) is 4.74 Å². The van der Waals surface area contributed by atoms with Crippen LogP contribution in [0, 0.1) is 5.92 Å². The summed E-state index contributed by atoms with van der Waals surface area (Å²) in [7, 11) is 2.15. The maximum atomic E-state index is 12.6. The minimum absolute atomic E-state index is 0.000798. The molecule has 3 atom stereocenters. The molecule has 5 heteroatoms. The zero-order valence-corrected chi connectivity index (χ0v) is 12.4. The quantitative estimate of drug-likeness (QED) is 0.790. The fourth-order valence-corrected chi connectivity index (χ4v) is 3.08. The van der Waals surface area contributed by atoms with E-state index in [-0.39, 0.29) is 17.9 Å². The maximum Gasteiger partial charge on any atom is 0.229 e. The van der Waals surface area contributed by atoms with Gasteiger partial charge in [0.1, 0.15) is 0 Å². The topological polar surface area (TPSA) is 44.8 Å². The molecule has 0 spiro atoms. The van der Waals surface area contributed by atoms with Crippen molar-refractivity contribution in [2.75, 3.05) is 46.4 Å². The van der Waals surface area contributed by atoms with E-state index in [0.717, 1.165) is 32.6 Å². The highest BCUT2D eigenvalue weighted by atomic mass is 16.5. The molecular weight excluding hydrogens is 242 g/mol. The maximum absolute atomic E-state index is 12.6. The van der Waals surface area contributed by atoms with Crippen molar-refractivity contribution in [2.45, 2.75) is 32.4 Å². The normalized spacial score (nSPS) is 32.8. The summed E-state index contributed by atoms with van der Waals surface area (Å²) in [6.45, 7) is 9.07. The monoisotopic (exact) mass is 269 g/mol. The van der Waals surface area contributed by atoms with Crippen LogP contribution >= 0.6 is 0 Å². The highest BCUT2D eigenvalue weighted by Gasteiger charge is 2.37. The van der Waals surface area contributed by atoms with E-state index in [0.29, 0.717) is 19.3 Å². The minimum Gasteiger partial charge on any atom is -0.379 e. The smallest absolute Gasteiger partial charge is 0.229 e. The van der Waals surface area contributed by atoms with Gasteiger partial charge < -0.3 is 15.0 Å². The van der Waals surface area contributed by atoms with Gasteiger partial charge in [-0.3, -0.25) is 9.69 Å². The van der Waals surface area contributed by atoms with Crippen LogP contribution in [-0.4, -0.2) is 74.2 Å². The minimum atomic E-state index is 0.000798. The number of piperazine rings is 1. The lowest BCUT2D eigenvalue weighted by atomic mass is 10.00. The Kier molecular flexibility index (Phi) is 5.19. The Hall–Kier alpha value is -0.650. The zero-order valence-electron chi connectivity index (χ0n) is 12.4. The van der Waals surface area contributed by atoms with E-state index in [1.807, 2.05) is 4.90 Å². The highest BCUT2D eigenvalue weighted by Crippen LogP contribution is 2.19. The molecule has 5 nitrogen and oxygen atoms in total. The molecule has 1 N–H and O–H groups in total. The third kappa shape index (κ3) is 3.27. The molecule has 110 valence electrons. The summed E-state index contributed by atoms with van der Waals surface area (Å²) in [4.78, 5) is 17.0. The van der Waals surface area contributed by atoms with Crippen LogP contribution in [0.3, 0.4) is 0 Å². The van der Waals surface area contributed by atoms with Gasteiger partial charge >= 0.3 is 0 Å². The standard InChI is InChI=1S/C14H27N3O2/c1-4-11-8-17(7-6-16(11)3)14(18)12-9-19-10-13(12)15-5-2/h11-13,15H,4-10H2,1-3H3. The third-order valence-electron chi connectivity index (χ3n) is 4.42. The molecule has 3 unspecified atom stereocenters. The second-order valence-corrected chi connectivity index (χ2v) is 5.64. The predicted octanol–water partition coefficient (Wildman–Crippen LogP) is 0.164. The van der Waals surface area contributed by atoms with E-state index >= 15 is 0 Å². The Morgan fingerprint density at radius 1 is 1.32 bits per heavy atom. The molecule has 2 fully saturated rings. The van der Waals surface area contributed by atoms with Crippen molar-refractivity contribution in [3.8, 4) is 0 Å². The molecule has 1 amide bonds. The molecule has 2 aliphatic heterocycles. The van der Waals surface area contributed by atoms with Crippen molar-refractivity contribution in [1.82, 2.24) is 15.1 Å². The number of rotatable bonds is 4. The van der Waals surface area contributed by atoms with Crippen molar-refractivity contribution in [3.63, 3.8) is 0 Å². The van der Waals surface area contributed by atoms with Crippen LogP contribution in [0.2, 0.25) is 0 Å². The number of amides is 1. The summed E-state index contributed by atoms with van der Waals surface area (Å²) in [5.41, 5.74) is 0. The molecule has 2 saturated heterocycles. The van der Waals surface area contributed by atoms with Crippen LogP contribution in [0.1, 0.15) is 20.3 Å². The number of likely N-dealkylation sites (N-methyl/N-ethyl adjacent to an activating group) is 2. The molecule has 0 aromatic heterocycles. The first-order valence-electron chi connectivity index (χ1n) is 7.47. The van der Waals surface area contributed by atoms with Crippen LogP contribution in [0.5, 0.6) is 0 Å². The van der Waals surface area contributed by atoms with E-state index in [1.54, 1.807) is 0 Å². The first kappa shape index (κ1) is 14.8. The average molecular weight is 269 g/mol. The summed E-state index contributed by atoms with van der Waals surface area (Å²) >= 11 is 0. The lowest BCUT2D eigenvalue weighted by molar-refractivity contribution is -0.138. The number of nitrogens with one attached hydrogen (secondary N) is 1. The molecule has 2 aliphatic rings. The molecule has 2 heterocycles. The molecule has 0 radical (unpaired) electrons. The van der Waals surface area contributed by atoms with Crippen molar-refractivity contribution in [3.05, 3.63) is 0 Å². The molecule has 0 aromatic carbocycles. The zero-order chi connectivity index (χ0) is 13.8. The Morgan fingerprint density at radius 3 is 2.79 bits per heavy atom. The molecular formula is C14H27N3O2. The Labute approximate surface area is 116 Å². The first-order valence-corrected chi connectivity index (χ1v) is 7.47.